The number of aromatic nitrogens is 1. The fraction of sp³-hybridized carbons (Fsp3) is 0.412. The van der Waals surface area contributed by atoms with Gasteiger partial charge in [0.2, 0.25) is 5.91 Å². The number of H-pyrrole nitrogens is 1. The molecule has 0 unspecified atom stereocenters. The number of para-hydroxylation sites is 1. The number of urea groups is 1. The molecule has 23 heavy (non-hydrogen) atoms. The first-order valence-electron chi connectivity index (χ1n) is 8.00. The first-order valence-corrected chi connectivity index (χ1v) is 8.00. The molecular weight excluding hydrogens is 292 g/mol. The van der Waals surface area contributed by atoms with E-state index in [-0.39, 0.29) is 11.9 Å². The number of fused-ring (bicyclic) bond motifs is 1. The van der Waals surface area contributed by atoms with E-state index in [4.69, 9.17) is 5.73 Å². The van der Waals surface area contributed by atoms with Gasteiger partial charge in [0, 0.05) is 17.8 Å². The van der Waals surface area contributed by atoms with E-state index in [1.54, 1.807) is 6.92 Å². The van der Waals surface area contributed by atoms with Crippen LogP contribution in [-0.2, 0) is 4.79 Å². The second kappa shape index (κ2) is 6.32. The van der Waals surface area contributed by atoms with Gasteiger partial charge in [-0.25, -0.2) is 4.79 Å². The number of piperidine rings is 1. The minimum absolute atomic E-state index is 0.0146. The molecule has 1 aromatic carbocycles. The van der Waals surface area contributed by atoms with E-state index < -0.39 is 12.1 Å². The number of primary amides is 1. The van der Waals surface area contributed by atoms with Crippen molar-refractivity contribution < 1.29 is 9.59 Å². The summed E-state index contributed by atoms with van der Waals surface area (Å²) in [4.78, 5) is 29.0. The topological polar surface area (TPSA) is 91.2 Å². The molecule has 1 saturated heterocycles. The molecule has 1 aliphatic rings. The van der Waals surface area contributed by atoms with Crippen molar-refractivity contribution in [3.8, 4) is 0 Å². The number of nitrogens with one attached hydrogen (secondary N) is 2. The van der Waals surface area contributed by atoms with E-state index in [0.29, 0.717) is 6.54 Å². The summed E-state index contributed by atoms with van der Waals surface area (Å²) >= 11 is 0. The van der Waals surface area contributed by atoms with Crippen molar-refractivity contribution >= 4 is 22.8 Å². The number of aromatic amines is 1. The predicted molar refractivity (Wildman–Crippen MR) is 88.8 cm³/mol. The standard InChI is InChI=1S/C17H22N4O2/c1-11(19-17(18)23)16(22)21-9-5-4-8-15(21)14-10-12-6-2-3-7-13(12)20-14/h2-3,6-7,10-11,15,20H,4-5,8-9H2,1H3,(H3,18,19,23)/t11-,15+/m0/s1. The zero-order valence-electron chi connectivity index (χ0n) is 13.2. The van der Waals surface area contributed by atoms with E-state index in [2.05, 4.69) is 22.4 Å². The number of likely N-dealkylation sites (tertiary alicyclic amines) is 1. The average Bonchev–Trinajstić information content (AvgIpc) is 2.97. The van der Waals surface area contributed by atoms with Crippen molar-refractivity contribution in [2.45, 2.75) is 38.3 Å². The normalized spacial score (nSPS) is 19.5. The van der Waals surface area contributed by atoms with Crippen LogP contribution in [0.2, 0.25) is 0 Å². The Labute approximate surface area is 135 Å². The highest BCUT2D eigenvalue weighted by molar-refractivity contribution is 5.87. The third kappa shape index (κ3) is 3.16. The van der Waals surface area contributed by atoms with Gasteiger partial charge in [-0.1, -0.05) is 18.2 Å². The van der Waals surface area contributed by atoms with Crippen molar-refractivity contribution in [1.29, 1.82) is 0 Å². The third-order valence-electron chi connectivity index (χ3n) is 4.42. The Morgan fingerprint density at radius 1 is 1.35 bits per heavy atom. The van der Waals surface area contributed by atoms with Crippen LogP contribution in [-0.4, -0.2) is 34.4 Å². The second-order valence-electron chi connectivity index (χ2n) is 6.09. The Kier molecular flexibility index (Phi) is 4.23. The number of nitrogens with zero attached hydrogens (tertiary/aromatic N) is 1. The second-order valence-corrected chi connectivity index (χ2v) is 6.09. The molecule has 1 fully saturated rings. The van der Waals surface area contributed by atoms with E-state index >= 15 is 0 Å². The number of benzene rings is 1. The molecule has 2 atom stereocenters. The molecule has 3 amide bonds. The maximum Gasteiger partial charge on any atom is 0.312 e. The van der Waals surface area contributed by atoms with Gasteiger partial charge in [0.25, 0.3) is 0 Å². The Hall–Kier alpha value is -2.50. The summed E-state index contributed by atoms with van der Waals surface area (Å²) in [6, 6.07) is 8.92. The van der Waals surface area contributed by atoms with E-state index in [1.807, 2.05) is 23.1 Å². The van der Waals surface area contributed by atoms with Gasteiger partial charge in [0.05, 0.1) is 6.04 Å². The molecule has 2 heterocycles. The largest absolute Gasteiger partial charge is 0.357 e. The van der Waals surface area contributed by atoms with Gasteiger partial charge in [-0.3, -0.25) is 4.79 Å². The lowest BCUT2D eigenvalue weighted by Gasteiger charge is -2.36. The molecule has 122 valence electrons. The number of carbonyl (C=O) groups is 2. The molecule has 1 aliphatic heterocycles. The average molecular weight is 314 g/mol. The van der Waals surface area contributed by atoms with Crippen LogP contribution in [0.5, 0.6) is 0 Å². The van der Waals surface area contributed by atoms with Crippen molar-refractivity contribution in [3.63, 3.8) is 0 Å². The molecule has 0 spiro atoms. The predicted octanol–water partition coefficient (Wildman–Crippen LogP) is 2.28. The minimum atomic E-state index is -0.676. The summed E-state index contributed by atoms with van der Waals surface area (Å²) < 4.78 is 0. The molecule has 0 aliphatic carbocycles. The zero-order valence-corrected chi connectivity index (χ0v) is 13.2. The van der Waals surface area contributed by atoms with Crippen LogP contribution >= 0.6 is 0 Å². The summed E-state index contributed by atoms with van der Waals surface area (Å²) in [5.74, 6) is -0.0906. The van der Waals surface area contributed by atoms with Crippen molar-refractivity contribution in [2.75, 3.05) is 6.54 Å². The molecule has 4 N–H and O–H groups in total. The molecule has 6 nitrogen and oxygen atoms in total. The van der Waals surface area contributed by atoms with Gasteiger partial charge in [0.1, 0.15) is 6.04 Å². The van der Waals surface area contributed by atoms with Crippen LogP contribution in [0.25, 0.3) is 10.9 Å². The van der Waals surface area contributed by atoms with Gasteiger partial charge < -0.3 is 20.9 Å². The molecule has 0 radical (unpaired) electrons. The van der Waals surface area contributed by atoms with Gasteiger partial charge >= 0.3 is 6.03 Å². The van der Waals surface area contributed by atoms with E-state index in [1.165, 1.54) is 0 Å². The van der Waals surface area contributed by atoms with Crippen molar-refractivity contribution in [2.24, 2.45) is 5.73 Å². The Morgan fingerprint density at radius 2 is 2.13 bits per heavy atom. The summed E-state index contributed by atoms with van der Waals surface area (Å²) in [5.41, 5.74) is 7.25. The SMILES string of the molecule is C[C@H](NC(N)=O)C(=O)N1CCCC[C@@H]1c1cc2ccccc2[nH]1. The number of hydrogen-bond acceptors (Lipinski definition) is 2. The third-order valence-corrected chi connectivity index (χ3v) is 4.42. The highest BCUT2D eigenvalue weighted by Crippen LogP contribution is 2.32. The molecule has 6 heteroatoms. The van der Waals surface area contributed by atoms with Gasteiger partial charge in [-0.2, -0.15) is 0 Å². The monoisotopic (exact) mass is 314 g/mol. The van der Waals surface area contributed by atoms with Crippen molar-refractivity contribution in [3.05, 3.63) is 36.0 Å². The van der Waals surface area contributed by atoms with Gasteiger partial charge in [0.15, 0.2) is 0 Å². The maximum absolute atomic E-state index is 12.7. The van der Waals surface area contributed by atoms with Crippen LogP contribution in [0, 0.1) is 0 Å². The number of carbonyl (C=O) groups excluding carboxylic acids is 2. The Morgan fingerprint density at radius 3 is 2.87 bits per heavy atom. The summed E-state index contributed by atoms with van der Waals surface area (Å²) in [6.45, 7) is 2.37. The number of amides is 3. The maximum atomic E-state index is 12.7. The lowest BCUT2D eigenvalue weighted by molar-refractivity contribution is -0.136. The van der Waals surface area contributed by atoms with Crippen molar-refractivity contribution in [1.82, 2.24) is 15.2 Å². The quantitative estimate of drug-likeness (QED) is 0.811. The molecular formula is C17H22N4O2. The Bertz CT molecular complexity index is 691. The van der Waals surface area contributed by atoms with Crippen LogP contribution < -0.4 is 11.1 Å². The van der Waals surface area contributed by atoms with E-state index in [0.717, 1.165) is 35.9 Å². The molecule has 3 rings (SSSR count). The smallest absolute Gasteiger partial charge is 0.312 e. The Balaban J connectivity index is 1.86. The first kappa shape index (κ1) is 15.4. The van der Waals surface area contributed by atoms with Crippen LogP contribution in [0.3, 0.4) is 0 Å². The van der Waals surface area contributed by atoms with Gasteiger partial charge in [-0.05, 0) is 43.7 Å². The minimum Gasteiger partial charge on any atom is -0.357 e. The number of hydrogen-bond donors (Lipinski definition) is 3. The number of nitrogens with two attached hydrogens (primary N) is 1. The molecule has 2 aromatic rings. The lowest BCUT2D eigenvalue weighted by atomic mass is 9.98. The zero-order chi connectivity index (χ0) is 16.4. The fourth-order valence-electron chi connectivity index (χ4n) is 3.32. The van der Waals surface area contributed by atoms with E-state index in [9.17, 15) is 9.59 Å². The molecule has 0 bridgehead atoms. The van der Waals surface area contributed by atoms with Crippen LogP contribution in [0.1, 0.15) is 37.9 Å². The fourth-order valence-corrected chi connectivity index (χ4v) is 3.32. The summed E-state index contributed by atoms with van der Waals surface area (Å²) in [7, 11) is 0. The van der Waals surface area contributed by atoms with Crippen LogP contribution in [0.15, 0.2) is 30.3 Å². The van der Waals surface area contributed by atoms with Gasteiger partial charge in [-0.15, -0.1) is 0 Å². The first-order chi connectivity index (χ1) is 11.1. The summed E-state index contributed by atoms with van der Waals surface area (Å²) in [5, 5.41) is 3.62. The molecule has 0 saturated carbocycles. The highest BCUT2D eigenvalue weighted by Gasteiger charge is 2.31. The highest BCUT2D eigenvalue weighted by atomic mass is 16.2. The number of rotatable bonds is 3. The molecule has 1 aromatic heterocycles. The summed E-state index contributed by atoms with van der Waals surface area (Å²) in [6.07, 6.45) is 2.98. The lowest BCUT2D eigenvalue weighted by Crippen LogP contribution is -2.50. The van der Waals surface area contributed by atoms with Crippen LogP contribution in [0.4, 0.5) is 4.79 Å².